The van der Waals surface area contributed by atoms with Gasteiger partial charge in [0.15, 0.2) is 0 Å². The Labute approximate surface area is 150 Å². The third-order valence-corrected chi connectivity index (χ3v) is 6.16. The number of nitrogens with one attached hydrogen (secondary N) is 1. The van der Waals surface area contributed by atoms with Crippen LogP contribution in [-0.2, 0) is 16.6 Å². The molecule has 0 radical (unpaired) electrons. The van der Waals surface area contributed by atoms with E-state index < -0.39 is 10.0 Å². The predicted octanol–water partition coefficient (Wildman–Crippen LogP) is 3.51. The van der Waals surface area contributed by atoms with E-state index in [9.17, 15) is 8.42 Å². The van der Waals surface area contributed by atoms with Crippen molar-refractivity contribution in [2.75, 3.05) is 18.4 Å². The Kier molecular flexibility index (Phi) is 6.18. The number of rotatable bonds is 7. The molecular formula is C19H23N3O2S. The second-order valence-corrected chi connectivity index (χ2v) is 7.67. The Bertz CT molecular complexity index is 865. The lowest BCUT2D eigenvalue weighted by Crippen LogP contribution is -2.30. The summed E-state index contributed by atoms with van der Waals surface area (Å²) in [5.74, 6) is 0. The van der Waals surface area contributed by atoms with Gasteiger partial charge in [-0.2, -0.15) is 9.57 Å². The molecule has 0 fully saturated rings. The fourth-order valence-corrected chi connectivity index (χ4v) is 4.04. The topological polar surface area (TPSA) is 73.2 Å². The quantitative estimate of drug-likeness (QED) is 0.823. The number of nitrogens with zero attached hydrogens (tertiary/aromatic N) is 2. The van der Waals surface area contributed by atoms with Gasteiger partial charge < -0.3 is 5.32 Å². The van der Waals surface area contributed by atoms with E-state index in [1.165, 1.54) is 4.31 Å². The monoisotopic (exact) mass is 357 g/mol. The van der Waals surface area contributed by atoms with Gasteiger partial charge in [0, 0.05) is 25.3 Å². The van der Waals surface area contributed by atoms with Gasteiger partial charge >= 0.3 is 0 Å². The zero-order valence-corrected chi connectivity index (χ0v) is 15.6. The second-order valence-electron chi connectivity index (χ2n) is 5.73. The van der Waals surface area contributed by atoms with Crippen LogP contribution in [0.1, 0.15) is 30.5 Å². The highest BCUT2D eigenvalue weighted by atomic mass is 32.2. The van der Waals surface area contributed by atoms with Crippen LogP contribution in [0.25, 0.3) is 0 Å². The molecule has 25 heavy (non-hydrogen) atoms. The lowest BCUT2D eigenvalue weighted by Gasteiger charge is -2.19. The normalized spacial score (nSPS) is 11.3. The highest BCUT2D eigenvalue weighted by molar-refractivity contribution is 7.89. The van der Waals surface area contributed by atoms with Gasteiger partial charge in [0.1, 0.15) is 0 Å². The molecule has 1 N–H and O–H groups in total. The maximum absolute atomic E-state index is 12.7. The minimum Gasteiger partial charge on any atom is -0.381 e. The van der Waals surface area contributed by atoms with Crippen LogP contribution in [0.3, 0.4) is 0 Å². The number of aryl methyl sites for hydroxylation is 1. The molecule has 2 aromatic rings. The van der Waals surface area contributed by atoms with Crippen molar-refractivity contribution in [3.05, 3.63) is 59.2 Å². The number of hydrogen-bond acceptors (Lipinski definition) is 4. The van der Waals surface area contributed by atoms with E-state index in [4.69, 9.17) is 5.26 Å². The van der Waals surface area contributed by atoms with Crippen LogP contribution in [0.15, 0.2) is 47.4 Å². The van der Waals surface area contributed by atoms with Crippen molar-refractivity contribution in [2.24, 2.45) is 0 Å². The summed E-state index contributed by atoms with van der Waals surface area (Å²) >= 11 is 0. The molecule has 2 aromatic carbocycles. The Morgan fingerprint density at radius 3 is 2.28 bits per heavy atom. The number of nitriles is 1. The summed E-state index contributed by atoms with van der Waals surface area (Å²) in [5.41, 5.74) is 3.41. The van der Waals surface area contributed by atoms with Crippen LogP contribution >= 0.6 is 0 Å². The largest absolute Gasteiger partial charge is 0.381 e. The molecule has 0 aromatic heterocycles. The van der Waals surface area contributed by atoms with Crippen molar-refractivity contribution in [3.8, 4) is 6.07 Å². The summed E-state index contributed by atoms with van der Waals surface area (Å²) in [5, 5.41) is 12.1. The van der Waals surface area contributed by atoms with Crippen LogP contribution in [-0.4, -0.2) is 25.8 Å². The molecule has 0 aliphatic carbocycles. The Morgan fingerprint density at radius 2 is 1.72 bits per heavy atom. The van der Waals surface area contributed by atoms with Crippen LogP contribution in [0.5, 0.6) is 0 Å². The molecule has 0 saturated carbocycles. The summed E-state index contributed by atoms with van der Waals surface area (Å²) < 4.78 is 26.8. The molecule has 2 rings (SSSR count). The first-order chi connectivity index (χ1) is 11.9. The fraction of sp³-hybridized carbons (Fsp3) is 0.316. The van der Waals surface area contributed by atoms with Crippen molar-refractivity contribution in [3.63, 3.8) is 0 Å². The van der Waals surface area contributed by atoms with Gasteiger partial charge in [-0.05, 0) is 42.3 Å². The second kappa shape index (κ2) is 8.15. The summed E-state index contributed by atoms with van der Waals surface area (Å²) in [6.07, 6.45) is 0. The van der Waals surface area contributed by atoms with Gasteiger partial charge in [-0.15, -0.1) is 0 Å². The number of hydrogen-bond donors (Lipinski definition) is 1. The summed E-state index contributed by atoms with van der Waals surface area (Å²) in [6, 6.07) is 14.6. The van der Waals surface area contributed by atoms with E-state index in [0.29, 0.717) is 30.1 Å². The molecule has 0 saturated heterocycles. The zero-order valence-electron chi connectivity index (χ0n) is 14.8. The molecule has 5 nitrogen and oxygen atoms in total. The summed E-state index contributed by atoms with van der Waals surface area (Å²) in [7, 11) is -3.48. The van der Waals surface area contributed by atoms with Gasteiger partial charge in [0.25, 0.3) is 0 Å². The highest BCUT2D eigenvalue weighted by Crippen LogP contribution is 2.23. The first kappa shape index (κ1) is 19.0. The van der Waals surface area contributed by atoms with E-state index >= 15 is 0 Å². The van der Waals surface area contributed by atoms with E-state index in [-0.39, 0.29) is 0 Å². The average molecular weight is 357 g/mol. The van der Waals surface area contributed by atoms with Gasteiger partial charge in [-0.3, -0.25) is 0 Å². The van der Waals surface area contributed by atoms with Crippen LogP contribution in [0, 0.1) is 18.3 Å². The van der Waals surface area contributed by atoms with Gasteiger partial charge in [-0.1, -0.05) is 32.0 Å². The van der Waals surface area contributed by atoms with Crippen molar-refractivity contribution in [1.29, 1.82) is 5.26 Å². The molecule has 0 spiro atoms. The van der Waals surface area contributed by atoms with Crippen LogP contribution in [0.2, 0.25) is 0 Å². The van der Waals surface area contributed by atoms with E-state index in [1.54, 1.807) is 24.3 Å². The summed E-state index contributed by atoms with van der Waals surface area (Å²) in [4.78, 5) is 0.295. The zero-order chi connectivity index (χ0) is 18.4. The molecule has 0 aliphatic rings. The number of benzene rings is 2. The van der Waals surface area contributed by atoms with Crippen molar-refractivity contribution in [1.82, 2.24) is 4.31 Å². The molecule has 0 heterocycles. The lowest BCUT2D eigenvalue weighted by molar-refractivity contribution is 0.445. The predicted molar refractivity (Wildman–Crippen MR) is 99.8 cm³/mol. The smallest absolute Gasteiger partial charge is 0.243 e. The SMILES string of the molecule is CCN(CC)S(=O)(=O)c1ccc(C)c(NCc2ccc(C#N)cc2)c1. The summed E-state index contributed by atoms with van der Waals surface area (Å²) in [6.45, 7) is 7.05. The molecule has 132 valence electrons. The molecular weight excluding hydrogens is 334 g/mol. The van der Waals surface area contributed by atoms with Crippen LogP contribution < -0.4 is 5.32 Å². The Morgan fingerprint density at radius 1 is 1.08 bits per heavy atom. The number of anilines is 1. The standard InChI is InChI=1S/C19H23N3O2S/c1-4-22(5-2)25(23,24)18-11-6-15(3)19(12-18)21-14-17-9-7-16(13-20)8-10-17/h6-12,21H,4-5,14H2,1-3H3. The van der Waals surface area contributed by atoms with Crippen LogP contribution in [0.4, 0.5) is 5.69 Å². The fourth-order valence-electron chi connectivity index (χ4n) is 2.56. The van der Waals surface area contributed by atoms with Crippen molar-refractivity contribution < 1.29 is 8.42 Å². The lowest BCUT2D eigenvalue weighted by atomic mass is 10.1. The van der Waals surface area contributed by atoms with Crippen molar-refractivity contribution in [2.45, 2.75) is 32.2 Å². The van der Waals surface area contributed by atoms with Crippen molar-refractivity contribution >= 4 is 15.7 Å². The van der Waals surface area contributed by atoms with E-state index in [1.807, 2.05) is 39.0 Å². The minimum atomic E-state index is -3.48. The molecule has 0 unspecified atom stereocenters. The van der Waals surface area contributed by atoms with Gasteiger partial charge in [0.05, 0.1) is 16.5 Å². The maximum Gasteiger partial charge on any atom is 0.243 e. The first-order valence-corrected chi connectivity index (χ1v) is 9.70. The van der Waals surface area contributed by atoms with Gasteiger partial charge in [0.2, 0.25) is 10.0 Å². The third-order valence-electron chi connectivity index (χ3n) is 4.12. The number of sulfonamides is 1. The van der Waals surface area contributed by atoms with Gasteiger partial charge in [-0.25, -0.2) is 8.42 Å². The molecule has 0 amide bonds. The Balaban J connectivity index is 2.22. The highest BCUT2D eigenvalue weighted by Gasteiger charge is 2.22. The average Bonchev–Trinajstić information content (AvgIpc) is 2.62. The molecule has 0 atom stereocenters. The third kappa shape index (κ3) is 4.38. The molecule has 0 bridgehead atoms. The Hall–Kier alpha value is -2.36. The van der Waals surface area contributed by atoms with E-state index in [0.717, 1.165) is 16.8 Å². The molecule has 6 heteroatoms. The molecule has 0 aliphatic heterocycles. The maximum atomic E-state index is 12.7. The van der Waals surface area contributed by atoms with E-state index in [2.05, 4.69) is 11.4 Å². The minimum absolute atomic E-state index is 0.295. The first-order valence-electron chi connectivity index (χ1n) is 8.26.